The maximum atomic E-state index is 8.72. The van der Waals surface area contributed by atoms with E-state index < -0.39 is 5.79 Å². The van der Waals surface area contributed by atoms with Crippen LogP contribution in [0.1, 0.15) is 38.5 Å². The van der Waals surface area contributed by atoms with Gasteiger partial charge in [-0.1, -0.05) is 0 Å². The molecule has 15 heavy (non-hydrogen) atoms. The molecule has 1 heterocycles. The van der Waals surface area contributed by atoms with Crippen LogP contribution in [0.5, 0.6) is 0 Å². The topological polar surface area (TPSA) is 58.9 Å². The molecule has 90 valence electrons. The number of ether oxygens (including phenoxy) is 2. The maximum absolute atomic E-state index is 8.72. The van der Waals surface area contributed by atoms with Crippen molar-refractivity contribution in [1.82, 2.24) is 0 Å². The molecule has 0 spiro atoms. The normalized spacial score (nSPS) is 19.6. The van der Waals surface area contributed by atoms with E-state index in [9.17, 15) is 0 Å². The first-order chi connectivity index (χ1) is 7.33. The smallest absolute Gasteiger partial charge is 0.168 e. The molecule has 1 rings (SSSR count). The van der Waals surface area contributed by atoms with Gasteiger partial charge in [0.1, 0.15) is 0 Å². The van der Waals surface area contributed by atoms with Gasteiger partial charge in [-0.3, -0.25) is 0 Å². The van der Waals surface area contributed by atoms with Gasteiger partial charge in [-0.2, -0.15) is 0 Å². The first kappa shape index (κ1) is 12.9. The summed E-state index contributed by atoms with van der Waals surface area (Å²) in [6.07, 6.45) is 5.15. The molecule has 4 heteroatoms. The van der Waals surface area contributed by atoms with Crippen LogP contribution >= 0.6 is 0 Å². The number of hydrogen-bond donors (Lipinski definition) is 2. The third-order valence-corrected chi connectivity index (χ3v) is 2.75. The Labute approximate surface area is 91.2 Å². The Balaban J connectivity index is 2.26. The zero-order valence-electron chi connectivity index (χ0n) is 9.28. The van der Waals surface area contributed by atoms with Crippen molar-refractivity contribution < 1.29 is 19.7 Å². The van der Waals surface area contributed by atoms with E-state index in [-0.39, 0.29) is 13.2 Å². The number of aliphatic hydroxyl groups excluding tert-OH is 2. The molecule has 0 aliphatic carbocycles. The van der Waals surface area contributed by atoms with Gasteiger partial charge in [0.25, 0.3) is 0 Å². The fraction of sp³-hybridized carbons (Fsp3) is 1.00. The predicted molar refractivity (Wildman–Crippen MR) is 56.5 cm³/mol. The highest BCUT2D eigenvalue weighted by atomic mass is 16.7. The van der Waals surface area contributed by atoms with Crippen LogP contribution in [0.15, 0.2) is 0 Å². The van der Waals surface area contributed by atoms with Crippen molar-refractivity contribution >= 4 is 0 Å². The molecule has 0 amide bonds. The molecule has 0 bridgehead atoms. The molecule has 0 aromatic heterocycles. The molecule has 1 aliphatic rings. The first-order valence-electron chi connectivity index (χ1n) is 5.83. The van der Waals surface area contributed by atoms with Gasteiger partial charge in [-0.25, -0.2) is 0 Å². The second-order valence-electron chi connectivity index (χ2n) is 3.97. The fourth-order valence-electron chi connectivity index (χ4n) is 1.92. The molecule has 1 fully saturated rings. The van der Waals surface area contributed by atoms with Gasteiger partial charge < -0.3 is 19.7 Å². The van der Waals surface area contributed by atoms with E-state index >= 15 is 0 Å². The quantitative estimate of drug-likeness (QED) is 0.598. The number of aliphatic hydroxyl groups is 2. The zero-order chi connectivity index (χ0) is 11.0. The van der Waals surface area contributed by atoms with Crippen LogP contribution in [0.2, 0.25) is 0 Å². The monoisotopic (exact) mass is 218 g/mol. The third-order valence-electron chi connectivity index (χ3n) is 2.75. The van der Waals surface area contributed by atoms with Gasteiger partial charge >= 0.3 is 0 Å². The van der Waals surface area contributed by atoms with Crippen molar-refractivity contribution in [3.8, 4) is 0 Å². The van der Waals surface area contributed by atoms with E-state index in [2.05, 4.69) is 0 Å². The Morgan fingerprint density at radius 3 is 1.67 bits per heavy atom. The highest BCUT2D eigenvalue weighted by molar-refractivity contribution is 4.74. The molecule has 0 aromatic carbocycles. The van der Waals surface area contributed by atoms with E-state index in [1.54, 1.807) is 0 Å². The molecule has 1 aliphatic heterocycles. The number of unbranched alkanes of at least 4 members (excludes halogenated alkanes) is 2. The lowest BCUT2D eigenvalue weighted by Crippen LogP contribution is -2.30. The van der Waals surface area contributed by atoms with Crippen LogP contribution in [0.25, 0.3) is 0 Å². The third kappa shape index (κ3) is 4.47. The standard InChI is InChI=1S/C11H22O4/c12-7-3-1-5-11(6-2-4-8-13)14-9-10-15-11/h12-13H,1-10H2. The second kappa shape index (κ2) is 7.17. The Bertz CT molecular complexity index is 143. The van der Waals surface area contributed by atoms with Crippen LogP contribution in [0.3, 0.4) is 0 Å². The molecule has 1 saturated heterocycles. The Hall–Kier alpha value is -0.160. The van der Waals surface area contributed by atoms with Gasteiger partial charge in [0.2, 0.25) is 0 Å². The van der Waals surface area contributed by atoms with Crippen molar-refractivity contribution in [1.29, 1.82) is 0 Å². The summed E-state index contributed by atoms with van der Waals surface area (Å²) in [5, 5.41) is 17.4. The maximum Gasteiger partial charge on any atom is 0.168 e. The molecule has 0 atom stereocenters. The van der Waals surface area contributed by atoms with Crippen LogP contribution in [0.4, 0.5) is 0 Å². The lowest BCUT2D eigenvalue weighted by molar-refractivity contribution is -0.169. The van der Waals surface area contributed by atoms with Gasteiger partial charge in [0.05, 0.1) is 13.2 Å². The molecular weight excluding hydrogens is 196 g/mol. The van der Waals surface area contributed by atoms with Crippen molar-refractivity contribution in [2.24, 2.45) is 0 Å². The van der Waals surface area contributed by atoms with Crippen LogP contribution < -0.4 is 0 Å². The van der Waals surface area contributed by atoms with Gasteiger partial charge in [-0.15, -0.1) is 0 Å². The SMILES string of the molecule is OCCCCC1(CCCCO)OCCO1. The molecule has 0 radical (unpaired) electrons. The summed E-state index contributed by atoms with van der Waals surface area (Å²) in [5.74, 6) is -0.426. The fourth-order valence-corrected chi connectivity index (χ4v) is 1.92. The van der Waals surface area contributed by atoms with Gasteiger partial charge in [0.15, 0.2) is 5.79 Å². The lowest BCUT2D eigenvalue weighted by Gasteiger charge is -2.27. The minimum atomic E-state index is -0.426. The zero-order valence-corrected chi connectivity index (χ0v) is 9.28. The number of hydrogen-bond acceptors (Lipinski definition) is 4. The molecule has 4 nitrogen and oxygen atoms in total. The summed E-state index contributed by atoms with van der Waals surface area (Å²) in [4.78, 5) is 0. The average molecular weight is 218 g/mol. The molecule has 0 aromatic rings. The lowest BCUT2D eigenvalue weighted by atomic mass is 10.0. The first-order valence-corrected chi connectivity index (χ1v) is 5.83. The summed E-state index contributed by atoms with van der Waals surface area (Å²) < 4.78 is 11.3. The van der Waals surface area contributed by atoms with E-state index in [1.165, 1.54) is 0 Å². The van der Waals surface area contributed by atoms with Crippen molar-refractivity contribution in [3.05, 3.63) is 0 Å². The van der Waals surface area contributed by atoms with Crippen molar-refractivity contribution in [2.75, 3.05) is 26.4 Å². The minimum absolute atomic E-state index is 0.229. The second-order valence-corrected chi connectivity index (χ2v) is 3.97. The molecule has 0 saturated carbocycles. The summed E-state index contributed by atoms with van der Waals surface area (Å²) >= 11 is 0. The van der Waals surface area contributed by atoms with E-state index in [1.807, 2.05) is 0 Å². The average Bonchev–Trinajstić information content (AvgIpc) is 2.68. The van der Waals surface area contributed by atoms with Crippen LogP contribution in [0, 0.1) is 0 Å². The van der Waals surface area contributed by atoms with Crippen LogP contribution in [-0.4, -0.2) is 42.4 Å². The Morgan fingerprint density at radius 2 is 1.27 bits per heavy atom. The van der Waals surface area contributed by atoms with Crippen molar-refractivity contribution in [2.45, 2.75) is 44.3 Å². The van der Waals surface area contributed by atoms with E-state index in [4.69, 9.17) is 19.7 Å². The summed E-state index contributed by atoms with van der Waals surface area (Å²) in [7, 11) is 0. The van der Waals surface area contributed by atoms with Gasteiger partial charge in [-0.05, 0) is 25.7 Å². The van der Waals surface area contributed by atoms with Gasteiger partial charge in [0, 0.05) is 26.1 Å². The minimum Gasteiger partial charge on any atom is -0.396 e. The van der Waals surface area contributed by atoms with Crippen molar-refractivity contribution in [3.63, 3.8) is 0 Å². The molecular formula is C11H22O4. The summed E-state index contributed by atoms with van der Waals surface area (Å²) in [5.41, 5.74) is 0. The summed E-state index contributed by atoms with van der Waals surface area (Å²) in [6, 6.07) is 0. The summed E-state index contributed by atoms with van der Waals surface area (Å²) in [6.45, 7) is 1.79. The predicted octanol–water partition coefficient (Wildman–Crippen LogP) is 1.05. The molecule has 0 unspecified atom stereocenters. The molecule has 2 N–H and O–H groups in total. The highest BCUT2D eigenvalue weighted by Crippen LogP contribution is 2.30. The number of rotatable bonds is 8. The Morgan fingerprint density at radius 1 is 0.800 bits per heavy atom. The Kier molecular flexibility index (Phi) is 6.17. The van der Waals surface area contributed by atoms with E-state index in [0.717, 1.165) is 38.5 Å². The van der Waals surface area contributed by atoms with Crippen LogP contribution in [-0.2, 0) is 9.47 Å². The van der Waals surface area contributed by atoms with E-state index in [0.29, 0.717) is 13.2 Å². The highest BCUT2D eigenvalue weighted by Gasteiger charge is 2.34. The largest absolute Gasteiger partial charge is 0.396 e.